The summed E-state index contributed by atoms with van der Waals surface area (Å²) < 4.78 is 27.5. The van der Waals surface area contributed by atoms with Crippen molar-refractivity contribution in [1.29, 1.82) is 0 Å². The molecule has 70 heavy (non-hydrogen) atoms. The van der Waals surface area contributed by atoms with E-state index in [-0.39, 0.29) is 60.8 Å². The van der Waals surface area contributed by atoms with Crippen molar-refractivity contribution in [2.24, 2.45) is 35.5 Å². The summed E-state index contributed by atoms with van der Waals surface area (Å²) >= 11 is 0. The normalized spacial score (nSPS) is 14.9. The summed E-state index contributed by atoms with van der Waals surface area (Å²) in [6.45, 7) is 53.6. The zero-order chi connectivity index (χ0) is 53.8. The fourth-order valence-corrected chi connectivity index (χ4v) is 12.6. The number of sulfone groups is 1. The monoisotopic (exact) mass is 995 g/mol. The molecule has 0 fully saturated rings. The Bertz CT molecular complexity index is 2910. The van der Waals surface area contributed by atoms with Gasteiger partial charge in [-0.1, -0.05) is 0 Å². The molecule has 0 spiro atoms. The van der Waals surface area contributed by atoms with Gasteiger partial charge in [-0.2, -0.15) is 0 Å². The fourth-order valence-electron chi connectivity index (χ4n) is 9.60. The van der Waals surface area contributed by atoms with Crippen molar-refractivity contribution in [3.05, 3.63) is 100 Å². The second kappa shape index (κ2) is 18.4. The number of benzene rings is 5. The van der Waals surface area contributed by atoms with Crippen LogP contribution in [0.25, 0.3) is 32.7 Å². The summed E-state index contributed by atoms with van der Waals surface area (Å²) in [7, 11) is -10.1. The van der Waals surface area contributed by atoms with Gasteiger partial charge in [0, 0.05) is 0 Å². The van der Waals surface area contributed by atoms with E-state index in [4.69, 9.17) is 0 Å². The van der Waals surface area contributed by atoms with Gasteiger partial charge in [0.1, 0.15) is 0 Å². The van der Waals surface area contributed by atoms with Gasteiger partial charge in [0.05, 0.1) is 0 Å². The summed E-state index contributed by atoms with van der Waals surface area (Å²) in [6.07, 6.45) is 1.18. The molecule has 0 heterocycles. The van der Waals surface area contributed by atoms with E-state index in [0.717, 1.165) is 32.7 Å². The van der Waals surface area contributed by atoms with Gasteiger partial charge in [0.2, 0.25) is 0 Å². The Kier molecular flexibility index (Phi) is 15.2. The van der Waals surface area contributed by atoms with E-state index in [0.29, 0.717) is 28.5 Å². The molecule has 0 saturated heterocycles. The zero-order valence-electron chi connectivity index (χ0n) is 48.3. The van der Waals surface area contributed by atoms with Crippen LogP contribution in [0, 0.1) is 35.5 Å². The Labute approximate surface area is 426 Å². The van der Waals surface area contributed by atoms with Gasteiger partial charge in [-0.3, -0.25) is 0 Å². The van der Waals surface area contributed by atoms with Crippen molar-refractivity contribution >= 4 is 49.3 Å². The summed E-state index contributed by atoms with van der Waals surface area (Å²) in [6, 6.07) is 22.2. The van der Waals surface area contributed by atoms with Gasteiger partial charge in [-0.15, -0.1) is 0 Å². The summed E-state index contributed by atoms with van der Waals surface area (Å²) in [4.78, 5) is 41.3. The number of hydrogen-bond acceptors (Lipinski definition) is 5. The van der Waals surface area contributed by atoms with Crippen molar-refractivity contribution in [1.82, 2.24) is 0 Å². The van der Waals surface area contributed by atoms with Gasteiger partial charge in [0.25, 0.3) is 0 Å². The Balaban J connectivity index is 2.14. The average molecular weight is 995 g/mol. The molecule has 0 bridgehead atoms. The van der Waals surface area contributed by atoms with Gasteiger partial charge in [-0.25, -0.2) is 0 Å². The Morgan fingerprint density at radius 2 is 0.729 bits per heavy atom. The van der Waals surface area contributed by atoms with Crippen molar-refractivity contribution < 1.29 is 23.1 Å². The van der Waals surface area contributed by atoms with E-state index in [1.807, 2.05) is 6.07 Å². The quantitative estimate of drug-likeness (QED) is 0.0856. The molecule has 5 aromatic carbocycles. The van der Waals surface area contributed by atoms with Crippen LogP contribution in [0.2, 0.25) is 0 Å². The third-order valence-electron chi connectivity index (χ3n) is 19.7. The predicted molar refractivity (Wildman–Crippen MR) is 306 cm³/mol. The molecule has 0 amide bonds. The molecule has 0 saturated carbocycles. The van der Waals surface area contributed by atoms with Crippen LogP contribution < -0.4 is 10.6 Å². The van der Waals surface area contributed by atoms with Crippen molar-refractivity contribution in [3.8, 4) is 11.1 Å². The Hall–Kier alpha value is -3.12. The molecule has 388 valence electrons. The molecule has 3 N–H and O–H groups in total. The first-order valence-corrected chi connectivity index (χ1v) is 30.2. The average Bonchev–Trinajstić information content (AvgIpc) is 3.23. The first kappa shape index (κ1) is 57.8. The van der Waals surface area contributed by atoms with Crippen LogP contribution in [0.3, 0.4) is 0 Å². The zero-order valence-corrected chi connectivity index (χ0v) is 50.0. The van der Waals surface area contributed by atoms with E-state index >= 15 is 0 Å². The summed E-state index contributed by atoms with van der Waals surface area (Å²) in [5.41, 5.74) is 5.17. The first-order valence-electron chi connectivity index (χ1n) is 26.3. The van der Waals surface area contributed by atoms with Crippen LogP contribution in [0.4, 0.5) is 0 Å². The molecular weight excluding hydrogens is 900 g/mol. The predicted octanol–water partition coefficient (Wildman–Crippen LogP) is 15.9. The molecule has 0 aliphatic heterocycles. The molecule has 0 aromatic heterocycles. The Morgan fingerprint density at radius 3 is 1.10 bits per heavy atom. The van der Waals surface area contributed by atoms with Crippen molar-refractivity contribution in [3.63, 3.8) is 0 Å². The maximum absolute atomic E-state index is 13.7. The number of fused-ring (bicyclic) bond motifs is 2. The van der Waals surface area contributed by atoms with E-state index in [1.165, 1.54) is 35.1 Å². The molecule has 0 aliphatic carbocycles. The summed E-state index contributed by atoms with van der Waals surface area (Å²) in [5.74, 6) is 1.33. The van der Waals surface area contributed by atoms with E-state index in [1.54, 1.807) is 6.07 Å². The van der Waals surface area contributed by atoms with Crippen molar-refractivity contribution in [2.45, 2.75) is 204 Å². The van der Waals surface area contributed by atoms with Gasteiger partial charge in [0.15, 0.2) is 0 Å². The maximum atomic E-state index is 13.7. The first-order chi connectivity index (χ1) is 31.4. The number of hydrogen-bond donors (Lipinski definition) is 3. The SMILES string of the molecule is CC(C)C(C)(C)c1cc(C(C)(C)C(C)C)c2cc(-c3cc(S(C)(=O)=O)ccc3P(O)(O)(O)c3cc4c(C(C)(C)C(C)C)cc(C(C)(C)C(C)C)cc4cc3C(C)(C)C(C)C)c(C(C)(C)C(C)C)cc2c1. The fraction of sp³-hybridized carbons (Fsp3) is 0.587. The van der Waals surface area contributed by atoms with E-state index in [9.17, 15) is 23.1 Å². The topological polar surface area (TPSA) is 94.8 Å². The van der Waals surface area contributed by atoms with Gasteiger partial charge < -0.3 is 0 Å². The van der Waals surface area contributed by atoms with E-state index < -0.39 is 28.0 Å². The second-order valence-corrected chi connectivity index (χ2v) is 31.9. The van der Waals surface area contributed by atoms with Crippen LogP contribution in [0.1, 0.15) is 200 Å². The van der Waals surface area contributed by atoms with Gasteiger partial charge in [-0.05, 0) is 0 Å². The Morgan fingerprint density at radius 1 is 0.386 bits per heavy atom. The molecule has 0 unspecified atom stereocenters. The molecule has 0 aliphatic rings. The van der Waals surface area contributed by atoms with Crippen LogP contribution in [-0.4, -0.2) is 29.4 Å². The second-order valence-electron chi connectivity index (χ2n) is 26.9. The molecule has 5 aromatic rings. The molecule has 5 nitrogen and oxygen atoms in total. The third-order valence-corrected chi connectivity index (χ3v) is 23.3. The minimum atomic E-state index is -6.28. The molecule has 0 atom stereocenters. The molecule has 7 heteroatoms. The van der Waals surface area contributed by atoms with Gasteiger partial charge >= 0.3 is 429 Å². The molecule has 0 radical (unpaired) electrons. The van der Waals surface area contributed by atoms with E-state index in [2.05, 4.69) is 209 Å². The molecular formula is C63H95O5PS. The van der Waals surface area contributed by atoms with Crippen molar-refractivity contribution in [2.75, 3.05) is 6.26 Å². The molecule has 5 rings (SSSR count). The third kappa shape index (κ3) is 9.86. The minimum absolute atomic E-state index is 0.0248. The van der Waals surface area contributed by atoms with Crippen LogP contribution in [0.15, 0.2) is 71.6 Å². The number of rotatable bonds is 16. The summed E-state index contributed by atoms with van der Waals surface area (Å²) in [5, 5.41) is 3.93. The van der Waals surface area contributed by atoms with Crippen LogP contribution >= 0.6 is 7.28 Å². The standard InChI is InChI=1S/C63H95O5PS/c1-37(2)58(13,14)45-28-43-30-52(60(17,18)39(5)6)50(35-48(43)53(32-45)61(19,20)40(7)8)51-34-47(70(25,67)68)26-27-56(51)69(64,65,66)57-36-49-44(31-55(57)63(23,24)42(11)12)29-46(59(15,16)38(3)4)33-54(49)62(21,22)41(9)10/h26-42,64-66H,1-25H3. The van der Waals surface area contributed by atoms with Crippen LogP contribution in [0.5, 0.6) is 0 Å². The van der Waals surface area contributed by atoms with Crippen LogP contribution in [-0.2, 0) is 42.3 Å².